The van der Waals surface area contributed by atoms with Crippen molar-refractivity contribution in [2.24, 2.45) is 0 Å². The fourth-order valence-electron chi connectivity index (χ4n) is 1.23. The average molecular weight is 229 g/mol. The molecule has 0 saturated carbocycles. The molecule has 16 heavy (non-hydrogen) atoms. The van der Waals surface area contributed by atoms with Crippen molar-refractivity contribution >= 4 is 0 Å². The van der Waals surface area contributed by atoms with Gasteiger partial charge in [0, 0.05) is 12.3 Å². The van der Waals surface area contributed by atoms with Crippen molar-refractivity contribution in [1.29, 1.82) is 0 Å². The zero-order chi connectivity index (χ0) is 12.1. The highest BCUT2D eigenvalue weighted by atomic mass is 19.1. The van der Waals surface area contributed by atoms with E-state index in [4.69, 9.17) is 4.74 Å². The molecule has 0 aliphatic carbocycles. The van der Waals surface area contributed by atoms with Crippen molar-refractivity contribution in [3.63, 3.8) is 0 Å². The molecule has 4 nitrogen and oxygen atoms in total. The molecule has 1 N–H and O–H groups in total. The summed E-state index contributed by atoms with van der Waals surface area (Å²) in [5, 5.41) is 9.56. The molecule has 5 heteroatoms. The molecule has 1 aromatic rings. The summed E-state index contributed by atoms with van der Waals surface area (Å²) in [6, 6.07) is 2.22. The molecule has 0 spiro atoms. The molecule has 1 heterocycles. The number of nitrogens with zero attached hydrogens (tertiary/aromatic N) is 1. The van der Waals surface area contributed by atoms with Gasteiger partial charge < -0.3 is 14.4 Å². The summed E-state index contributed by atoms with van der Waals surface area (Å²) >= 11 is 0. The SMILES string of the molecule is CC(C)OC[C@H](O)Cn1cc(F)ccc1=O. The monoisotopic (exact) mass is 229 g/mol. The molecular formula is C11H16FNO3. The Hall–Kier alpha value is -1.20. The van der Waals surface area contributed by atoms with Crippen LogP contribution in [0.4, 0.5) is 4.39 Å². The maximum absolute atomic E-state index is 12.8. The average Bonchev–Trinajstić information content (AvgIpc) is 2.20. The molecular weight excluding hydrogens is 213 g/mol. The van der Waals surface area contributed by atoms with E-state index >= 15 is 0 Å². The molecule has 90 valence electrons. The maximum atomic E-state index is 12.8. The normalized spacial score (nSPS) is 13.1. The quantitative estimate of drug-likeness (QED) is 0.811. The number of aromatic nitrogens is 1. The molecule has 1 rings (SSSR count). The Morgan fingerprint density at radius 2 is 2.19 bits per heavy atom. The van der Waals surface area contributed by atoms with Crippen molar-refractivity contribution in [2.75, 3.05) is 6.61 Å². The second-order valence-electron chi connectivity index (χ2n) is 3.87. The first-order valence-electron chi connectivity index (χ1n) is 5.14. The van der Waals surface area contributed by atoms with Gasteiger partial charge in [-0.15, -0.1) is 0 Å². The molecule has 0 aromatic carbocycles. The van der Waals surface area contributed by atoms with Gasteiger partial charge in [-0.1, -0.05) is 0 Å². The lowest BCUT2D eigenvalue weighted by molar-refractivity contribution is -0.00115. The summed E-state index contributed by atoms with van der Waals surface area (Å²) in [4.78, 5) is 11.3. The summed E-state index contributed by atoms with van der Waals surface area (Å²) in [7, 11) is 0. The summed E-state index contributed by atoms with van der Waals surface area (Å²) < 4.78 is 19.2. The minimum absolute atomic E-state index is 0.0129. The fraction of sp³-hybridized carbons (Fsp3) is 0.545. The van der Waals surface area contributed by atoms with Crippen molar-refractivity contribution in [1.82, 2.24) is 4.57 Å². The van der Waals surface area contributed by atoms with Gasteiger partial charge in [-0.2, -0.15) is 0 Å². The van der Waals surface area contributed by atoms with Crippen molar-refractivity contribution in [3.05, 3.63) is 34.5 Å². The molecule has 0 fully saturated rings. The number of ether oxygens (including phenoxy) is 1. The number of aliphatic hydroxyl groups is 1. The number of hydrogen-bond donors (Lipinski definition) is 1. The van der Waals surface area contributed by atoms with Crippen molar-refractivity contribution in [3.8, 4) is 0 Å². The van der Waals surface area contributed by atoms with Gasteiger partial charge in [0.15, 0.2) is 0 Å². The van der Waals surface area contributed by atoms with Crippen LogP contribution in [0.5, 0.6) is 0 Å². The van der Waals surface area contributed by atoms with Gasteiger partial charge in [0.25, 0.3) is 5.56 Å². The van der Waals surface area contributed by atoms with Crippen LogP contribution in [0.25, 0.3) is 0 Å². The summed E-state index contributed by atoms with van der Waals surface area (Å²) in [5.74, 6) is -0.503. The Kier molecular flexibility index (Phi) is 4.64. The van der Waals surface area contributed by atoms with Crippen LogP contribution in [-0.2, 0) is 11.3 Å². The minimum atomic E-state index is -0.818. The molecule has 0 saturated heterocycles. The van der Waals surface area contributed by atoms with Gasteiger partial charge in [-0.05, 0) is 19.9 Å². The Labute approximate surface area is 93.3 Å². The highest BCUT2D eigenvalue weighted by Gasteiger charge is 2.08. The van der Waals surface area contributed by atoms with E-state index in [0.717, 1.165) is 22.9 Å². The summed E-state index contributed by atoms with van der Waals surface area (Å²) in [5.41, 5.74) is -0.343. The van der Waals surface area contributed by atoms with Crippen LogP contribution in [-0.4, -0.2) is 28.5 Å². The zero-order valence-electron chi connectivity index (χ0n) is 9.39. The van der Waals surface area contributed by atoms with Crippen LogP contribution in [0.3, 0.4) is 0 Å². The molecule has 0 unspecified atom stereocenters. The lowest BCUT2D eigenvalue weighted by atomic mass is 10.3. The fourth-order valence-corrected chi connectivity index (χ4v) is 1.23. The number of pyridine rings is 1. The van der Waals surface area contributed by atoms with Crippen LogP contribution in [0.15, 0.2) is 23.1 Å². The van der Waals surface area contributed by atoms with E-state index in [1.807, 2.05) is 13.8 Å². The number of halogens is 1. The van der Waals surface area contributed by atoms with Crippen molar-refractivity contribution < 1.29 is 14.2 Å². The second kappa shape index (κ2) is 5.77. The highest BCUT2D eigenvalue weighted by Crippen LogP contribution is 1.97. The van der Waals surface area contributed by atoms with Crippen LogP contribution in [0, 0.1) is 5.82 Å². The lowest BCUT2D eigenvalue weighted by Crippen LogP contribution is -2.29. The topological polar surface area (TPSA) is 51.5 Å². The first-order valence-corrected chi connectivity index (χ1v) is 5.14. The smallest absolute Gasteiger partial charge is 0.250 e. The molecule has 1 aromatic heterocycles. The Morgan fingerprint density at radius 1 is 1.50 bits per heavy atom. The Balaban J connectivity index is 2.58. The van der Waals surface area contributed by atoms with Gasteiger partial charge in [-0.25, -0.2) is 4.39 Å². The molecule has 0 aliphatic rings. The molecule has 1 atom stereocenters. The first-order chi connectivity index (χ1) is 7.49. The Bertz CT molecular complexity index is 389. The van der Waals surface area contributed by atoms with E-state index < -0.39 is 11.9 Å². The van der Waals surface area contributed by atoms with Crippen LogP contribution < -0.4 is 5.56 Å². The van der Waals surface area contributed by atoms with Crippen LogP contribution in [0.2, 0.25) is 0 Å². The van der Waals surface area contributed by atoms with E-state index in [1.54, 1.807) is 0 Å². The van der Waals surface area contributed by atoms with Gasteiger partial charge in [-0.3, -0.25) is 4.79 Å². The van der Waals surface area contributed by atoms with E-state index in [-0.39, 0.29) is 24.8 Å². The molecule has 0 bridgehead atoms. The number of hydrogen-bond acceptors (Lipinski definition) is 3. The third-order valence-electron chi connectivity index (χ3n) is 1.98. The predicted octanol–water partition coefficient (Wildman–Crippen LogP) is 0.773. The lowest BCUT2D eigenvalue weighted by Gasteiger charge is -2.14. The van der Waals surface area contributed by atoms with E-state index in [0.29, 0.717) is 0 Å². The summed E-state index contributed by atoms with van der Waals surface area (Å²) in [6.07, 6.45) is 0.266. The Morgan fingerprint density at radius 3 is 2.81 bits per heavy atom. The van der Waals surface area contributed by atoms with Gasteiger partial charge in [0.05, 0.1) is 25.4 Å². The van der Waals surface area contributed by atoms with E-state index in [9.17, 15) is 14.3 Å². The largest absolute Gasteiger partial charge is 0.389 e. The number of rotatable bonds is 5. The standard InChI is InChI=1S/C11H16FNO3/c1-8(2)16-7-10(14)6-13-5-9(12)3-4-11(13)15/h3-5,8,10,14H,6-7H2,1-2H3/t10-/m1/s1. The molecule has 0 aliphatic heterocycles. The minimum Gasteiger partial charge on any atom is -0.389 e. The summed E-state index contributed by atoms with van der Waals surface area (Å²) in [6.45, 7) is 3.85. The maximum Gasteiger partial charge on any atom is 0.250 e. The number of aliphatic hydroxyl groups excluding tert-OH is 1. The third kappa shape index (κ3) is 4.12. The first kappa shape index (κ1) is 12.9. The third-order valence-corrected chi connectivity index (χ3v) is 1.98. The highest BCUT2D eigenvalue weighted by molar-refractivity contribution is 4.96. The molecule has 0 radical (unpaired) electrons. The van der Waals surface area contributed by atoms with Gasteiger partial charge in [0.2, 0.25) is 0 Å². The van der Waals surface area contributed by atoms with Gasteiger partial charge in [0.1, 0.15) is 5.82 Å². The van der Waals surface area contributed by atoms with E-state index in [1.165, 1.54) is 0 Å². The van der Waals surface area contributed by atoms with E-state index in [2.05, 4.69) is 0 Å². The zero-order valence-corrected chi connectivity index (χ0v) is 9.39. The van der Waals surface area contributed by atoms with Gasteiger partial charge >= 0.3 is 0 Å². The molecule has 0 amide bonds. The van der Waals surface area contributed by atoms with Crippen LogP contribution in [0.1, 0.15) is 13.8 Å². The van der Waals surface area contributed by atoms with Crippen LogP contribution >= 0.6 is 0 Å². The predicted molar refractivity (Wildman–Crippen MR) is 57.8 cm³/mol. The van der Waals surface area contributed by atoms with Crippen molar-refractivity contribution in [2.45, 2.75) is 32.6 Å². The second-order valence-corrected chi connectivity index (χ2v) is 3.87.